The van der Waals surface area contributed by atoms with E-state index in [-0.39, 0.29) is 11.7 Å². The van der Waals surface area contributed by atoms with Crippen LogP contribution in [0.5, 0.6) is 0 Å². The Morgan fingerprint density at radius 2 is 1.92 bits per heavy atom. The summed E-state index contributed by atoms with van der Waals surface area (Å²) in [5.74, 6) is 0.779. The molecule has 24 heavy (non-hydrogen) atoms. The molecule has 7 heteroatoms. The van der Waals surface area contributed by atoms with E-state index >= 15 is 0 Å². The third-order valence-corrected chi connectivity index (χ3v) is 4.87. The normalized spacial score (nSPS) is 10.7. The van der Waals surface area contributed by atoms with Crippen molar-refractivity contribution >= 4 is 50.9 Å². The van der Waals surface area contributed by atoms with Gasteiger partial charge in [0.15, 0.2) is 5.76 Å². The topological polar surface area (TPSA) is 55.1 Å². The molecule has 0 aliphatic carbocycles. The Labute approximate surface area is 156 Å². The van der Waals surface area contributed by atoms with E-state index in [0.717, 1.165) is 15.7 Å². The number of furan rings is 1. The second-order valence-corrected chi connectivity index (χ2v) is 6.68. The molecule has 1 aromatic carbocycles. The number of aromatic nitrogens is 1. The van der Waals surface area contributed by atoms with Crippen molar-refractivity contribution in [3.63, 3.8) is 0 Å². The predicted octanol–water partition coefficient (Wildman–Crippen LogP) is 5.97. The Hall–Kier alpha value is -1.82. The Balaban J connectivity index is 1.80. The van der Waals surface area contributed by atoms with E-state index in [1.54, 1.807) is 36.4 Å². The smallest absolute Gasteiger partial charge is 0.292 e. The van der Waals surface area contributed by atoms with Gasteiger partial charge in [-0.25, -0.2) is 4.98 Å². The molecule has 0 aliphatic heterocycles. The number of halogens is 3. The first-order chi connectivity index (χ1) is 11.4. The third-order valence-electron chi connectivity index (χ3n) is 3.30. The van der Waals surface area contributed by atoms with E-state index in [2.05, 4.69) is 26.2 Å². The van der Waals surface area contributed by atoms with Crippen molar-refractivity contribution in [3.8, 4) is 11.3 Å². The molecule has 0 spiro atoms. The zero-order valence-electron chi connectivity index (χ0n) is 12.4. The third kappa shape index (κ3) is 3.64. The number of anilines is 1. The molecule has 122 valence electrons. The fourth-order valence-corrected chi connectivity index (χ4v) is 2.57. The van der Waals surface area contributed by atoms with Crippen LogP contribution in [0.1, 0.15) is 16.2 Å². The van der Waals surface area contributed by atoms with Crippen LogP contribution in [-0.4, -0.2) is 10.9 Å². The van der Waals surface area contributed by atoms with E-state index in [1.165, 1.54) is 0 Å². The van der Waals surface area contributed by atoms with E-state index in [4.69, 9.17) is 27.6 Å². The Morgan fingerprint density at radius 3 is 2.62 bits per heavy atom. The molecule has 0 saturated carbocycles. The number of amides is 1. The van der Waals surface area contributed by atoms with E-state index in [9.17, 15) is 4.79 Å². The van der Waals surface area contributed by atoms with E-state index < -0.39 is 0 Å². The van der Waals surface area contributed by atoms with Crippen LogP contribution in [0.4, 0.5) is 5.82 Å². The number of carbonyl (C=O) groups excluding carboxylic acids is 1. The maximum Gasteiger partial charge on any atom is 0.292 e. The number of carbonyl (C=O) groups is 1. The summed E-state index contributed by atoms with van der Waals surface area (Å²) in [6, 6.07) is 12.0. The summed E-state index contributed by atoms with van der Waals surface area (Å²) in [7, 11) is 0. The molecule has 3 aromatic rings. The lowest BCUT2D eigenvalue weighted by Gasteiger charge is -2.04. The quantitative estimate of drug-likeness (QED) is 0.562. The molecule has 2 heterocycles. The fraction of sp³-hybridized carbons (Fsp3) is 0.0588. The van der Waals surface area contributed by atoms with Crippen LogP contribution in [0, 0.1) is 6.92 Å². The van der Waals surface area contributed by atoms with E-state index in [1.807, 2.05) is 13.0 Å². The number of nitrogens with zero attached hydrogens (tertiary/aromatic N) is 1. The van der Waals surface area contributed by atoms with Gasteiger partial charge in [-0.3, -0.25) is 4.79 Å². The van der Waals surface area contributed by atoms with Crippen LogP contribution >= 0.6 is 39.1 Å². The lowest BCUT2D eigenvalue weighted by Crippen LogP contribution is -2.12. The Morgan fingerprint density at radius 1 is 1.12 bits per heavy atom. The number of pyridine rings is 1. The molecule has 2 aromatic heterocycles. The summed E-state index contributed by atoms with van der Waals surface area (Å²) in [6.45, 7) is 1.84. The first kappa shape index (κ1) is 17.0. The molecule has 0 radical (unpaired) electrons. The Kier molecular flexibility index (Phi) is 4.94. The van der Waals surface area contributed by atoms with Crippen molar-refractivity contribution in [2.24, 2.45) is 0 Å². The predicted molar refractivity (Wildman–Crippen MR) is 98.8 cm³/mol. The number of hydrogen-bond donors (Lipinski definition) is 1. The molecule has 0 fully saturated rings. The van der Waals surface area contributed by atoms with Crippen LogP contribution in [0.3, 0.4) is 0 Å². The van der Waals surface area contributed by atoms with Gasteiger partial charge in [0.1, 0.15) is 11.6 Å². The van der Waals surface area contributed by atoms with Gasteiger partial charge < -0.3 is 9.73 Å². The van der Waals surface area contributed by atoms with Gasteiger partial charge in [-0.2, -0.15) is 0 Å². The summed E-state index contributed by atoms with van der Waals surface area (Å²) in [6.07, 6.45) is 0. The summed E-state index contributed by atoms with van der Waals surface area (Å²) >= 11 is 15.3. The molecule has 0 saturated heterocycles. The lowest BCUT2D eigenvalue weighted by molar-refractivity contribution is 0.0997. The summed E-state index contributed by atoms with van der Waals surface area (Å²) in [5.41, 5.74) is 1.52. The van der Waals surface area contributed by atoms with Crippen LogP contribution in [0.25, 0.3) is 11.3 Å². The molecule has 0 aliphatic rings. The van der Waals surface area contributed by atoms with Crippen molar-refractivity contribution < 1.29 is 9.21 Å². The Bertz CT molecular complexity index is 925. The number of aryl methyl sites for hydroxylation is 1. The lowest BCUT2D eigenvalue weighted by atomic mass is 10.2. The molecule has 1 amide bonds. The van der Waals surface area contributed by atoms with Crippen LogP contribution < -0.4 is 5.32 Å². The van der Waals surface area contributed by atoms with Crippen molar-refractivity contribution in [1.29, 1.82) is 0 Å². The highest BCUT2D eigenvalue weighted by molar-refractivity contribution is 9.10. The maximum absolute atomic E-state index is 12.3. The van der Waals surface area contributed by atoms with Gasteiger partial charge in [-0.1, -0.05) is 23.2 Å². The number of nitrogens with one attached hydrogen (secondary N) is 1. The molecular weight excluding hydrogens is 415 g/mol. The number of hydrogen-bond acceptors (Lipinski definition) is 3. The molecule has 4 nitrogen and oxygen atoms in total. The first-order valence-electron chi connectivity index (χ1n) is 6.94. The summed E-state index contributed by atoms with van der Waals surface area (Å²) < 4.78 is 6.48. The van der Waals surface area contributed by atoms with Gasteiger partial charge >= 0.3 is 0 Å². The summed E-state index contributed by atoms with van der Waals surface area (Å²) in [4.78, 5) is 16.5. The van der Waals surface area contributed by atoms with Crippen LogP contribution in [-0.2, 0) is 0 Å². The minimum Gasteiger partial charge on any atom is -0.451 e. The highest BCUT2D eigenvalue weighted by Gasteiger charge is 2.14. The maximum atomic E-state index is 12.3. The average molecular weight is 426 g/mol. The van der Waals surface area contributed by atoms with Crippen molar-refractivity contribution in [2.45, 2.75) is 6.92 Å². The molecule has 0 atom stereocenters. The monoisotopic (exact) mass is 424 g/mol. The zero-order valence-corrected chi connectivity index (χ0v) is 15.5. The van der Waals surface area contributed by atoms with Gasteiger partial charge in [0, 0.05) is 10.0 Å². The molecular formula is C17H11BrCl2N2O2. The van der Waals surface area contributed by atoms with Crippen LogP contribution in [0.2, 0.25) is 10.0 Å². The van der Waals surface area contributed by atoms with Crippen molar-refractivity contribution in [1.82, 2.24) is 4.98 Å². The van der Waals surface area contributed by atoms with Crippen molar-refractivity contribution in [3.05, 3.63) is 68.4 Å². The largest absolute Gasteiger partial charge is 0.451 e. The van der Waals surface area contributed by atoms with Gasteiger partial charge in [-0.05, 0) is 65.3 Å². The minimum atomic E-state index is -0.379. The highest BCUT2D eigenvalue weighted by atomic mass is 79.9. The second kappa shape index (κ2) is 6.97. The molecule has 0 unspecified atom stereocenters. The standard InChI is InChI=1S/C17H11BrCl2N2O2/c1-9-11(18)3-7-16(21-9)22-17(23)15-6-5-14(24-15)10-2-4-12(19)13(20)8-10/h2-8H,1H3,(H,21,22,23). The number of benzene rings is 1. The molecule has 1 N–H and O–H groups in total. The number of rotatable bonds is 3. The average Bonchev–Trinajstić information content (AvgIpc) is 3.04. The molecule has 0 bridgehead atoms. The summed E-state index contributed by atoms with van der Waals surface area (Å²) in [5, 5.41) is 3.58. The highest BCUT2D eigenvalue weighted by Crippen LogP contribution is 2.29. The van der Waals surface area contributed by atoms with Gasteiger partial charge in [0.05, 0.1) is 15.7 Å². The minimum absolute atomic E-state index is 0.179. The zero-order chi connectivity index (χ0) is 17.3. The van der Waals surface area contributed by atoms with Gasteiger partial charge in [0.2, 0.25) is 0 Å². The van der Waals surface area contributed by atoms with Gasteiger partial charge in [0.25, 0.3) is 5.91 Å². The first-order valence-corrected chi connectivity index (χ1v) is 8.48. The second-order valence-electron chi connectivity index (χ2n) is 5.01. The van der Waals surface area contributed by atoms with Crippen LogP contribution in [0.15, 0.2) is 51.4 Å². The van der Waals surface area contributed by atoms with Gasteiger partial charge in [-0.15, -0.1) is 0 Å². The molecule has 3 rings (SSSR count). The fourth-order valence-electron chi connectivity index (χ4n) is 2.06. The van der Waals surface area contributed by atoms with Crippen molar-refractivity contribution in [2.75, 3.05) is 5.32 Å². The SMILES string of the molecule is Cc1nc(NC(=O)c2ccc(-c3ccc(Cl)c(Cl)c3)o2)ccc1Br. The van der Waals surface area contributed by atoms with E-state index in [0.29, 0.717) is 21.6 Å².